The SMILES string of the molecule is COCCNC(=O)c1ccc(CN2CCC(N3C(=O)N(C4CCCCC4)C[C@H]3c3ccccc3)CC2)cc1. The molecule has 38 heavy (non-hydrogen) atoms. The van der Waals surface area contributed by atoms with Crippen molar-refractivity contribution in [1.82, 2.24) is 20.0 Å². The average Bonchev–Trinajstić information content (AvgIpc) is 3.32. The maximum atomic E-state index is 13.8. The van der Waals surface area contributed by atoms with Crippen molar-refractivity contribution in [2.75, 3.05) is 39.9 Å². The molecule has 0 aromatic heterocycles. The van der Waals surface area contributed by atoms with Gasteiger partial charge in [0, 0.05) is 57.5 Å². The average molecular weight is 519 g/mol. The second-order valence-electron chi connectivity index (χ2n) is 11.0. The Morgan fingerprint density at radius 3 is 2.32 bits per heavy atom. The third kappa shape index (κ3) is 6.21. The lowest BCUT2D eigenvalue weighted by molar-refractivity contribution is 0.0936. The van der Waals surface area contributed by atoms with Crippen LogP contribution in [0.1, 0.15) is 72.5 Å². The molecular weight excluding hydrogens is 476 g/mol. The molecule has 1 aliphatic carbocycles. The number of amides is 3. The van der Waals surface area contributed by atoms with Crippen molar-refractivity contribution in [3.8, 4) is 0 Å². The van der Waals surface area contributed by atoms with Gasteiger partial charge in [0.05, 0.1) is 12.6 Å². The first-order valence-corrected chi connectivity index (χ1v) is 14.4. The van der Waals surface area contributed by atoms with Gasteiger partial charge in [-0.25, -0.2) is 4.79 Å². The summed E-state index contributed by atoms with van der Waals surface area (Å²) in [6, 6.07) is 19.6. The van der Waals surface area contributed by atoms with Gasteiger partial charge in [-0.2, -0.15) is 0 Å². The van der Waals surface area contributed by atoms with Gasteiger partial charge in [0.1, 0.15) is 0 Å². The van der Waals surface area contributed by atoms with E-state index in [-0.39, 0.29) is 24.0 Å². The summed E-state index contributed by atoms with van der Waals surface area (Å²) < 4.78 is 4.99. The summed E-state index contributed by atoms with van der Waals surface area (Å²) in [6.45, 7) is 4.64. The van der Waals surface area contributed by atoms with Crippen LogP contribution in [0.25, 0.3) is 0 Å². The number of nitrogens with zero attached hydrogens (tertiary/aromatic N) is 3. The van der Waals surface area contributed by atoms with E-state index < -0.39 is 0 Å². The van der Waals surface area contributed by atoms with Crippen LogP contribution in [0.2, 0.25) is 0 Å². The van der Waals surface area contributed by atoms with Gasteiger partial charge in [-0.1, -0.05) is 61.7 Å². The monoisotopic (exact) mass is 518 g/mol. The van der Waals surface area contributed by atoms with Crippen molar-refractivity contribution in [2.45, 2.75) is 69.6 Å². The van der Waals surface area contributed by atoms with E-state index in [0.29, 0.717) is 24.8 Å². The van der Waals surface area contributed by atoms with Crippen LogP contribution in [0.5, 0.6) is 0 Å². The van der Waals surface area contributed by atoms with Gasteiger partial charge in [0.2, 0.25) is 0 Å². The lowest BCUT2D eigenvalue weighted by Gasteiger charge is -2.39. The third-order valence-corrected chi connectivity index (χ3v) is 8.54. The Hall–Kier alpha value is -2.90. The predicted molar refractivity (Wildman–Crippen MR) is 149 cm³/mol. The molecule has 5 rings (SSSR count). The summed E-state index contributed by atoms with van der Waals surface area (Å²) in [6.07, 6.45) is 8.05. The molecule has 7 heteroatoms. The number of carbonyl (C=O) groups excluding carboxylic acids is 2. The van der Waals surface area contributed by atoms with Crippen LogP contribution < -0.4 is 5.32 Å². The largest absolute Gasteiger partial charge is 0.383 e. The van der Waals surface area contributed by atoms with E-state index in [4.69, 9.17) is 4.74 Å². The fourth-order valence-electron chi connectivity index (χ4n) is 6.43. The molecular formula is C31H42N4O3. The second kappa shape index (κ2) is 12.8. The van der Waals surface area contributed by atoms with Crippen LogP contribution in [0.15, 0.2) is 54.6 Å². The van der Waals surface area contributed by atoms with Crippen LogP contribution in [-0.2, 0) is 11.3 Å². The first-order chi connectivity index (χ1) is 18.6. The number of piperidine rings is 1. The summed E-state index contributed by atoms with van der Waals surface area (Å²) in [4.78, 5) is 33.0. The Balaban J connectivity index is 1.19. The minimum absolute atomic E-state index is 0.0695. The van der Waals surface area contributed by atoms with E-state index in [1.54, 1.807) is 7.11 Å². The molecule has 2 heterocycles. The van der Waals surface area contributed by atoms with E-state index in [0.717, 1.165) is 51.9 Å². The van der Waals surface area contributed by atoms with Gasteiger partial charge < -0.3 is 19.9 Å². The zero-order chi connectivity index (χ0) is 26.3. The molecule has 7 nitrogen and oxygen atoms in total. The highest BCUT2D eigenvalue weighted by atomic mass is 16.5. The highest BCUT2D eigenvalue weighted by Crippen LogP contribution is 2.38. The molecule has 1 saturated carbocycles. The van der Waals surface area contributed by atoms with Crippen molar-refractivity contribution in [3.63, 3.8) is 0 Å². The van der Waals surface area contributed by atoms with Crippen molar-refractivity contribution in [3.05, 3.63) is 71.3 Å². The van der Waals surface area contributed by atoms with E-state index in [1.165, 1.54) is 30.4 Å². The van der Waals surface area contributed by atoms with E-state index in [1.807, 2.05) is 12.1 Å². The molecule has 1 N–H and O–H groups in total. The quantitative estimate of drug-likeness (QED) is 0.483. The number of ether oxygens (including phenoxy) is 1. The Morgan fingerprint density at radius 2 is 1.63 bits per heavy atom. The number of benzene rings is 2. The van der Waals surface area contributed by atoms with Gasteiger partial charge >= 0.3 is 6.03 Å². The summed E-state index contributed by atoms with van der Waals surface area (Å²) in [7, 11) is 1.63. The van der Waals surface area contributed by atoms with E-state index in [9.17, 15) is 9.59 Å². The van der Waals surface area contributed by atoms with Crippen molar-refractivity contribution < 1.29 is 14.3 Å². The Morgan fingerprint density at radius 1 is 0.921 bits per heavy atom. The van der Waals surface area contributed by atoms with E-state index in [2.05, 4.69) is 62.5 Å². The Kier molecular flexibility index (Phi) is 8.97. The molecule has 0 spiro atoms. The topological polar surface area (TPSA) is 65.1 Å². The van der Waals surface area contributed by atoms with Crippen molar-refractivity contribution >= 4 is 11.9 Å². The first-order valence-electron chi connectivity index (χ1n) is 14.4. The summed E-state index contributed by atoms with van der Waals surface area (Å²) >= 11 is 0. The Labute approximate surface area is 227 Å². The molecule has 0 radical (unpaired) electrons. The minimum atomic E-state index is -0.0695. The van der Waals surface area contributed by atoms with Crippen LogP contribution in [0, 0.1) is 0 Å². The highest BCUT2D eigenvalue weighted by molar-refractivity contribution is 5.94. The number of carbonyl (C=O) groups is 2. The molecule has 0 bridgehead atoms. The molecule has 2 aromatic rings. The summed E-state index contributed by atoms with van der Waals surface area (Å²) in [5.74, 6) is -0.0695. The smallest absolute Gasteiger partial charge is 0.321 e. The zero-order valence-corrected chi connectivity index (χ0v) is 22.7. The summed E-state index contributed by atoms with van der Waals surface area (Å²) in [5.41, 5.74) is 3.14. The fraction of sp³-hybridized carbons (Fsp3) is 0.548. The normalized spacial score (nSPS) is 21.7. The molecule has 3 fully saturated rings. The number of methoxy groups -OCH3 is 1. The number of likely N-dealkylation sites (tertiary alicyclic amines) is 1. The number of hydrogen-bond donors (Lipinski definition) is 1. The molecule has 3 amide bonds. The van der Waals surface area contributed by atoms with Crippen LogP contribution in [0.4, 0.5) is 4.79 Å². The second-order valence-corrected chi connectivity index (χ2v) is 11.0. The van der Waals surface area contributed by atoms with Crippen LogP contribution in [0.3, 0.4) is 0 Å². The van der Waals surface area contributed by atoms with Crippen LogP contribution in [-0.4, -0.2) is 78.6 Å². The van der Waals surface area contributed by atoms with Gasteiger partial charge in [-0.05, 0) is 48.9 Å². The predicted octanol–water partition coefficient (Wildman–Crippen LogP) is 4.84. The van der Waals surface area contributed by atoms with Gasteiger partial charge in [0.25, 0.3) is 5.91 Å². The first kappa shape index (κ1) is 26.7. The maximum absolute atomic E-state index is 13.8. The highest BCUT2D eigenvalue weighted by Gasteiger charge is 2.45. The van der Waals surface area contributed by atoms with Crippen molar-refractivity contribution in [2.24, 2.45) is 0 Å². The molecule has 3 aliphatic rings. The molecule has 1 atom stereocenters. The molecule has 2 aliphatic heterocycles. The van der Waals surface area contributed by atoms with Gasteiger partial charge in [0.15, 0.2) is 0 Å². The number of rotatable bonds is 9. The fourth-order valence-corrected chi connectivity index (χ4v) is 6.43. The zero-order valence-electron chi connectivity index (χ0n) is 22.7. The Bertz CT molecular complexity index is 1050. The lowest BCUT2D eigenvalue weighted by Crippen LogP contribution is -2.48. The summed E-state index contributed by atoms with van der Waals surface area (Å²) in [5, 5.41) is 2.87. The standard InChI is InChI=1S/C31H42N4O3/c1-38-21-18-32-30(36)26-14-12-24(13-15-26)22-33-19-16-28(17-20-33)35-29(25-8-4-2-5-9-25)23-34(31(35)37)27-10-6-3-7-11-27/h2,4-5,8-9,12-15,27-29H,3,6-7,10-11,16-23H2,1H3,(H,32,36)/t29-/m0/s1. The van der Waals surface area contributed by atoms with Crippen molar-refractivity contribution in [1.29, 1.82) is 0 Å². The van der Waals surface area contributed by atoms with E-state index >= 15 is 0 Å². The maximum Gasteiger partial charge on any atom is 0.321 e. The third-order valence-electron chi connectivity index (χ3n) is 8.54. The van der Waals surface area contributed by atoms with Gasteiger partial charge in [-0.3, -0.25) is 9.69 Å². The lowest BCUT2D eigenvalue weighted by atomic mass is 9.94. The number of nitrogens with one attached hydrogen (secondary N) is 1. The molecule has 2 saturated heterocycles. The minimum Gasteiger partial charge on any atom is -0.383 e. The van der Waals surface area contributed by atoms with Crippen LogP contribution >= 0.6 is 0 Å². The molecule has 0 unspecified atom stereocenters. The number of urea groups is 1. The van der Waals surface area contributed by atoms with Gasteiger partial charge in [-0.15, -0.1) is 0 Å². The molecule has 2 aromatic carbocycles. The number of hydrogen-bond acceptors (Lipinski definition) is 4. The molecule has 204 valence electrons.